The maximum absolute atomic E-state index is 12.9. The monoisotopic (exact) mass is 987 g/mol. The minimum absolute atomic E-state index is 0.0643. The van der Waals surface area contributed by atoms with E-state index in [0.29, 0.717) is 19.3 Å². The number of allylic oxidation sites excluding steroid dienone is 2. The number of carbonyl (C=O) groups excluding carboxylic acids is 3. The summed E-state index contributed by atoms with van der Waals surface area (Å²) in [6.45, 7) is 6.70. The van der Waals surface area contributed by atoms with E-state index in [1.54, 1.807) is 0 Å². The first-order chi connectivity index (χ1) is 34.5. The second kappa shape index (κ2) is 59.7. The lowest BCUT2D eigenvalue weighted by atomic mass is 10.0. The first-order valence-corrected chi connectivity index (χ1v) is 31.7. The molecule has 0 unspecified atom stereocenters. The Morgan fingerprint density at radius 1 is 0.271 bits per heavy atom. The molecule has 0 rings (SSSR count). The van der Waals surface area contributed by atoms with Crippen LogP contribution in [0.4, 0.5) is 0 Å². The summed E-state index contributed by atoms with van der Waals surface area (Å²) < 4.78 is 16.9. The highest BCUT2D eigenvalue weighted by atomic mass is 16.6. The highest BCUT2D eigenvalue weighted by molar-refractivity contribution is 5.71. The molecule has 0 amide bonds. The predicted molar refractivity (Wildman–Crippen MR) is 303 cm³/mol. The molecule has 0 radical (unpaired) electrons. The maximum Gasteiger partial charge on any atom is 0.306 e. The first-order valence-electron chi connectivity index (χ1n) is 31.7. The first kappa shape index (κ1) is 68.2. The van der Waals surface area contributed by atoms with Crippen LogP contribution in [0.25, 0.3) is 0 Å². The van der Waals surface area contributed by atoms with Crippen molar-refractivity contribution in [1.82, 2.24) is 0 Å². The number of hydrogen-bond acceptors (Lipinski definition) is 6. The van der Waals surface area contributed by atoms with E-state index in [1.807, 2.05) is 0 Å². The van der Waals surface area contributed by atoms with Crippen molar-refractivity contribution in [3.8, 4) is 0 Å². The molecule has 6 nitrogen and oxygen atoms in total. The molecule has 0 aromatic carbocycles. The number of unbranched alkanes of at least 4 members (excludes halogenated alkanes) is 46. The van der Waals surface area contributed by atoms with Crippen molar-refractivity contribution >= 4 is 17.9 Å². The van der Waals surface area contributed by atoms with Crippen LogP contribution in [-0.4, -0.2) is 37.2 Å². The SMILES string of the molecule is CCCCCCCC/C=C\CCCCCCCCCCCC(=O)O[C@@H](COC(=O)CCCCCCCCCCCCCC)COC(=O)CCCCCCCCCCCCCCCCCCCCCCC. The quantitative estimate of drug-likeness (QED) is 0.0261. The fourth-order valence-corrected chi connectivity index (χ4v) is 9.74. The van der Waals surface area contributed by atoms with Crippen molar-refractivity contribution in [1.29, 1.82) is 0 Å². The van der Waals surface area contributed by atoms with E-state index in [1.165, 1.54) is 263 Å². The molecule has 0 aliphatic rings. The van der Waals surface area contributed by atoms with E-state index >= 15 is 0 Å². The molecule has 0 aliphatic heterocycles. The number of carbonyl (C=O) groups is 3. The van der Waals surface area contributed by atoms with Gasteiger partial charge in [0.05, 0.1) is 0 Å². The van der Waals surface area contributed by atoms with Crippen LogP contribution in [0.15, 0.2) is 12.2 Å². The molecular weight excluding hydrogens is 865 g/mol. The van der Waals surface area contributed by atoms with Gasteiger partial charge in [-0.05, 0) is 44.9 Å². The number of rotatable bonds is 59. The lowest BCUT2D eigenvalue weighted by molar-refractivity contribution is -0.167. The average molecular weight is 988 g/mol. The van der Waals surface area contributed by atoms with Crippen LogP contribution < -0.4 is 0 Å². The molecule has 0 aliphatic carbocycles. The predicted octanol–water partition coefficient (Wildman–Crippen LogP) is 21.3. The van der Waals surface area contributed by atoms with Crippen LogP contribution in [-0.2, 0) is 28.6 Å². The summed E-state index contributed by atoms with van der Waals surface area (Å²) in [5.74, 6) is -0.838. The van der Waals surface area contributed by atoms with Gasteiger partial charge in [-0.15, -0.1) is 0 Å². The van der Waals surface area contributed by atoms with Gasteiger partial charge in [-0.25, -0.2) is 0 Å². The summed E-state index contributed by atoms with van der Waals surface area (Å²) in [7, 11) is 0. The summed E-state index contributed by atoms with van der Waals surface area (Å²) >= 11 is 0. The Hall–Kier alpha value is -1.85. The van der Waals surface area contributed by atoms with E-state index in [0.717, 1.165) is 57.8 Å². The van der Waals surface area contributed by atoms with Crippen molar-refractivity contribution in [3.05, 3.63) is 12.2 Å². The van der Waals surface area contributed by atoms with Gasteiger partial charge in [0.25, 0.3) is 0 Å². The Bertz CT molecular complexity index is 1090. The normalized spacial score (nSPS) is 12.0. The molecule has 6 heteroatoms. The standard InChI is InChI=1S/C64H122O6/c1-4-7-10-13-16-19-22-25-27-29-31-32-34-35-37-39-42-45-48-51-54-57-63(66)69-60-61(59-68-62(65)56-53-50-47-44-41-24-21-18-15-12-9-6-3)70-64(67)58-55-52-49-46-43-40-38-36-33-30-28-26-23-20-17-14-11-8-5-2/h26,28,61H,4-25,27,29-60H2,1-3H3/b28-26-/t61-/m0/s1. The average Bonchev–Trinajstić information content (AvgIpc) is 3.36. The third kappa shape index (κ3) is 57.1. The second-order valence-corrected chi connectivity index (χ2v) is 21.7. The molecule has 0 aromatic rings. The molecular formula is C64H122O6. The summed E-state index contributed by atoms with van der Waals surface area (Å²) in [5.41, 5.74) is 0. The molecule has 70 heavy (non-hydrogen) atoms. The van der Waals surface area contributed by atoms with Crippen LogP contribution in [0, 0.1) is 0 Å². The van der Waals surface area contributed by atoms with E-state index < -0.39 is 6.10 Å². The number of ether oxygens (including phenoxy) is 3. The van der Waals surface area contributed by atoms with Crippen molar-refractivity contribution in [2.45, 2.75) is 367 Å². The Kier molecular flexibility index (Phi) is 58.1. The molecule has 0 fully saturated rings. The van der Waals surface area contributed by atoms with Gasteiger partial charge in [0.15, 0.2) is 6.10 Å². The summed E-state index contributed by atoms with van der Waals surface area (Å²) in [4.78, 5) is 38.2. The molecule has 414 valence electrons. The third-order valence-electron chi connectivity index (χ3n) is 14.5. The Morgan fingerprint density at radius 2 is 0.471 bits per heavy atom. The van der Waals surface area contributed by atoms with E-state index in [-0.39, 0.29) is 31.1 Å². The van der Waals surface area contributed by atoms with Gasteiger partial charge in [0.2, 0.25) is 0 Å². The maximum atomic E-state index is 12.9. The van der Waals surface area contributed by atoms with Gasteiger partial charge in [-0.1, -0.05) is 309 Å². The fourth-order valence-electron chi connectivity index (χ4n) is 9.74. The summed E-state index contributed by atoms with van der Waals surface area (Å²) in [5, 5.41) is 0. The van der Waals surface area contributed by atoms with Crippen LogP contribution >= 0.6 is 0 Å². The number of esters is 3. The summed E-state index contributed by atoms with van der Waals surface area (Å²) in [6.07, 6.45) is 69.3. The van der Waals surface area contributed by atoms with Crippen LogP contribution in [0.5, 0.6) is 0 Å². The zero-order valence-electron chi connectivity index (χ0n) is 47.6. The zero-order chi connectivity index (χ0) is 50.7. The molecule has 1 atom stereocenters. The van der Waals surface area contributed by atoms with Crippen LogP contribution in [0.3, 0.4) is 0 Å². The minimum atomic E-state index is -0.766. The number of hydrogen-bond donors (Lipinski definition) is 0. The molecule has 0 bridgehead atoms. The van der Waals surface area contributed by atoms with E-state index in [4.69, 9.17) is 14.2 Å². The lowest BCUT2D eigenvalue weighted by Gasteiger charge is -2.18. The van der Waals surface area contributed by atoms with Crippen molar-refractivity contribution in [2.24, 2.45) is 0 Å². The van der Waals surface area contributed by atoms with Crippen molar-refractivity contribution in [2.75, 3.05) is 13.2 Å². The Balaban J connectivity index is 4.24. The van der Waals surface area contributed by atoms with Crippen molar-refractivity contribution < 1.29 is 28.6 Å². The molecule has 0 spiro atoms. The van der Waals surface area contributed by atoms with E-state index in [2.05, 4.69) is 32.9 Å². The van der Waals surface area contributed by atoms with Crippen LogP contribution in [0.1, 0.15) is 361 Å². The zero-order valence-corrected chi connectivity index (χ0v) is 47.6. The van der Waals surface area contributed by atoms with Gasteiger partial charge in [-0.3, -0.25) is 14.4 Å². The largest absolute Gasteiger partial charge is 0.462 e. The highest BCUT2D eigenvalue weighted by Crippen LogP contribution is 2.18. The fraction of sp³-hybridized carbons (Fsp3) is 0.922. The topological polar surface area (TPSA) is 78.9 Å². The lowest BCUT2D eigenvalue weighted by Crippen LogP contribution is -2.30. The molecule has 0 saturated carbocycles. The Labute approximate surface area is 437 Å². The van der Waals surface area contributed by atoms with Gasteiger partial charge < -0.3 is 14.2 Å². The molecule has 0 heterocycles. The van der Waals surface area contributed by atoms with Gasteiger partial charge in [0, 0.05) is 19.3 Å². The van der Waals surface area contributed by atoms with Gasteiger partial charge in [-0.2, -0.15) is 0 Å². The smallest absolute Gasteiger partial charge is 0.306 e. The molecule has 0 N–H and O–H groups in total. The molecule has 0 aromatic heterocycles. The van der Waals surface area contributed by atoms with E-state index in [9.17, 15) is 14.4 Å². The summed E-state index contributed by atoms with van der Waals surface area (Å²) in [6, 6.07) is 0. The minimum Gasteiger partial charge on any atom is -0.462 e. The van der Waals surface area contributed by atoms with Crippen molar-refractivity contribution in [3.63, 3.8) is 0 Å². The molecule has 0 saturated heterocycles. The highest BCUT2D eigenvalue weighted by Gasteiger charge is 2.19. The van der Waals surface area contributed by atoms with Crippen LogP contribution in [0.2, 0.25) is 0 Å². The van der Waals surface area contributed by atoms with Gasteiger partial charge in [0.1, 0.15) is 13.2 Å². The second-order valence-electron chi connectivity index (χ2n) is 21.7. The third-order valence-corrected chi connectivity index (χ3v) is 14.5. The van der Waals surface area contributed by atoms with Gasteiger partial charge >= 0.3 is 17.9 Å². The Morgan fingerprint density at radius 3 is 0.714 bits per heavy atom.